The van der Waals surface area contributed by atoms with Gasteiger partial charge in [0.2, 0.25) is 5.92 Å². The fourth-order valence-corrected chi connectivity index (χ4v) is 0.981. The van der Waals surface area contributed by atoms with Gasteiger partial charge < -0.3 is 9.47 Å². The Bertz CT molecular complexity index is 236. The first-order chi connectivity index (χ1) is 5.57. The zero-order valence-corrected chi connectivity index (χ0v) is 6.70. The van der Waals surface area contributed by atoms with Crippen LogP contribution in [0.15, 0.2) is 0 Å². The number of methoxy groups -OCH3 is 1. The second kappa shape index (κ2) is 2.92. The van der Waals surface area contributed by atoms with Crippen LogP contribution in [-0.4, -0.2) is 30.9 Å². The van der Waals surface area contributed by atoms with Crippen LogP contribution in [0.4, 0.5) is 0 Å². The van der Waals surface area contributed by atoms with E-state index in [1.165, 1.54) is 6.92 Å². The van der Waals surface area contributed by atoms with E-state index in [2.05, 4.69) is 9.47 Å². The van der Waals surface area contributed by atoms with E-state index < -0.39 is 29.7 Å². The average molecular weight is 172 g/mol. The second-order valence-corrected chi connectivity index (χ2v) is 2.44. The molecule has 0 aromatic carbocycles. The first-order valence-electron chi connectivity index (χ1n) is 3.40. The molecule has 0 aliphatic carbocycles. The van der Waals surface area contributed by atoms with Crippen LogP contribution in [-0.2, 0) is 23.9 Å². The molecule has 1 saturated heterocycles. The standard InChI is InChI=1S/C7H8O5/c1-3-5(8)4(6(9)11-2)7(10)12-3/h3-4H,1-2H3/t3-,4-/m0/s1. The molecule has 1 fully saturated rings. The van der Waals surface area contributed by atoms with E-state index in [9.17, 15) is 14.4 Å². The highest BCUT2D eigenvalue weighted by atomic mass is 16.6. The van der Waals surface area contributed by atoms with Crippen molar-refractivity contribution in [1.82, 2.24) is 0 Å². The molecule has 0 unspecified atom stereocenters. The number of ether oxygens (including phenoxy) is 2. The number of rotatable bonds is 1. The highest BCUT2D eigenvalue weighted by molar-refractivity contribution is 6.19. The number of Topliss-reactive ketones (excluding diaryl/α,β-unsaturated/α-hetero) is 1. The molecule has 1 aliphatic heterocycles. The lowest BCUT2D eigenvalue weighted by atomic mass is 10.0. The number of ketones is 1. The van der Waals surface area contributed by atoms with Crippen LogP contribution in [0.25, 0.3) is 0 Å². The molecule has 1 heterocycles. The van der Waals surface area contributed by atoms with Gasteiger partial charge in [0.15, 0.2) is 11.9 Å². The summed E-state index contributed by atoms with van der Waals surface area (Å²) in [6.45, 7) is 1.42. The van der Waals surface area contributed by atoms with Gasteiger partial charge >= 0.3 is 11.9 Å². The first kappa shape index (κ1) is 8.70. The fourth-order valence-electron chi connectivity index (χ4n) is 0.981. The number of carbonyl (C=O) groups is 3. The van der Waals surface area contributed by atoms with Crippen LogP contribution in [0.3, 0.4) is 0 Å². The molecule has 5 heteroatoms. The van der Waals surface area contributed by atoms with Crippen molar-refractivity contribution in [3.63, 3.8) is 0 Å². The predicted octanol–water partition coefficient (Wildman–Crippen LogP) is -0.710. The van der Waals surface area contributed by atoms with Crippen molar-refractivity contribution < 1.29 is 23.9 Å². The van der Waals surface area contributed by atoms with Crippen LogP contribution in [0, 0.1) is 5.92 Å². The van der Waals surface area contributed by atoms with Crippen molar-refractivity contribution in [2.75, 3.05) is 7.11 Å². The minimum Gasteiger partial charge on any atom is -0.468 e. The zero-order valence-electron chi connectivity index (χ0n) is 6.70. The van der Waals surface area contributed by atoms with Gasteiger partial charge in [0, 0.05) is 0 Å². The van der Waals surface area contributed by atoms with Crippen LogP contribution in [0.5, 0.6) is 0 Å². The molecule has 0 N–H and O–H groups in total. The molecular weight excluding hydrogens is 164 g/mol. The highest BCUT2D eigenvalue weighted by Crippen LogP contribution is 2.17. The summed E-state index contributed by atoms with van der Waals surface area (Å²) < 4.78 is 8.78. The number of cyclic esters (lactones) is 1. The maximum atomic E-state index is 11.1. The van der Waals surface area contributed by atoms with Gasteiger partial charge in [0.25, 0.3) is 0 Å². The van der Waals surface area contributed by atoms with Gasteiger partial charge in [-0.05, 0) is 6.92 Å². The Kier molecular flexibility index (Phi) is 2.12. The first-order valence-corrected chi connectivity index (χ1v) is 3.40. The summed E-state index contributed by atoms with van der Waals surface area (Å²) in [5.74, 6) is -3.58. The fraction of sp³-hybridized carbons (Fsp3) is 0.571. The van der Waals surface area contributed by atoms with Crippen molar-refractivity contribution in [1.29, 1.82) is 0 Å². The van der Waals surface area contributed by atoms with Crippen molar-refractivity contribution in [2.24, 2.45) is 5.92 Å². The summed E-state index contributed by atoms with van der Waals surface area (Å²) in [5.41, 5.74) is 0. The number of esters is 2. The lowest BCUT2D eigenvalue weighted by Gasteiger charge is -1.99. The van der Waals surface area contributed by atoms with Crippen LogP contribution < -0.4 is 0 Å². The third kappa shape index (κ3) is 1.17. The Morgan fingerprint density at radius 3 is 2.42 bits per heavy atom. The van der Waals surface area contributed by atoms with Crippen molar-refractivity contribution in [2.45, 2.75) is 13.0 Å². The van der Waals surface area contributed by atoms with Crippen LogP contribution >= 0.6 is 0 Å². The van der Waals surface area contributed by atoms with E-state index in [1.807, 2.05) is 0 Å². The van der Waals surface area contributed by atoms with Gasteiger partial charge in [0.05, 0.1) is 7.11 Å². The van der Waals surface area contributed by atoms with Gasteiger partial charge in [-0.1, -0.05) is 0 Å². The quantitative estimate of drug-likeness (QED) is 0.386. The van der Waals surface area contributed by atoms with Gasteiger partial charge in [-0.25, -0.2) is 0 Å². The predicted molar refractivity (Wildman–Crippen MR) is 36.1 cm³/mol. The van der Waals surface area contributed by atoms with E-state index in [4.69, 9.17) is 0 Å². The van der Waals surface area contributed by atoms with Crippen molar-refractivity contribution in [3.8, 4) is 0 Å². The maximum absolute atomic E-state index is 11.1. The molecule has 0 amide bonds. The molecule has 0 aromatic rings. The van der Waals surface area contributed by atoms with Crippen LogP contribution in [0.2, 0.25) is 0 Å². The Hall–Kier alpha value is -1.39. The SMILES string of the molecule is COC(=O)[C@H]1C(=O)O[C@@H](C)C1=O. The Morgan fingerprint density at radius 2 is 2.08 bits per heavy atom. The van der Waals surface area contributed by atoms with E-state index >= 15 is 0 Å². The Labute approximate surface area is 68.6 Å². The maximum Gasteiger partial charge on any atom is 0.328 e. The Morgan fingerprint density at radius 1 is 1.50 bits per heavy atom. The number of carbonyl (C=O) groups excluding carboxylic acids is 3. The highest BCUT2D eigenvalue weighted by Gasteiger charge is 2.46. The minimum atomic E-state index is -1.37. The molecule has 0 radical (unpaired) electrons. The van der Waals surface area contributed by atoms with Gasteiger partial charge in [-0.15, -0.1) is 0 Å². The Balaban J connectivity index is 2.84. The molecule has 66 valence electrons. The molecule has 1 aliphatic rings. The lowest BCUT2D eigenvalue weighted by Crippen LogP contribution is -2.28. The average Bonchev–Trinajstić information content (AvgIpc) is 2.26. The zero-order chi connectivity index (χ0) is 9.30. The smallest absolute Gasteiger partial charge is 0.328 e. The second-order valence-electron chi connectivity index (χ2n) is 2.44. The summed E-state index contributed by atoms with van der Waals surface area (Å²) in [6.07, 6.45) is -0.832. The molecule has 5 nitrogen and oxygen atoms in total. The monoisotopic (exact) mass is 172 g/mol. The molecular formula is C7H8O5. The van der Waals surface area contributed by atoms with Gasteiger partial charge in [-0.2, -0.15) is 0 Å². The summed E-state index contributed by atoms with van der Waals surface area (Å²) in [7, 11) is 1.12. The lowest BCUT2D eigenvalue weighted by molar-refractivity contribution is -0.155. The van der Waals surface area contributed by atoms with Crippen molar-refractivity contribution >= 4 is 17.7 Å². The van der Waals surface area contributed by atoms with E-state index in [0.29, 0.717) is 0 Å². The molecule has 0 saturated carbocycles. The van der Waals surface area contributed by atoms with Gasteiger partial charge in [0.1, 0.15) is 0 Å². The minimum absolute atomic E-state index is 0.535. The molecule has 1 rings (SSSR count). The molecule has 12 heavy (non-hydrogen) atoms. The van der Waals surface area contributed by atoms with Crippen LogP contribution in [0.1, 0.15) is 6.92 Å². The molecule has 2 atom stereocenters. The summed E-state index contributed by atoms with van der Waals surface area (Å²) in [4.78, 5) is 32.8. The third-order valence-corrected chi connectivity index (χ3v) is 1.65. The van der Waals surface area contributed by atoms with Gasteiger partial charge in [-0.3, -0.25) is 14.4 Å². The molecule has 0 aromatic heterocycles. The number of hydrogen-bond acceptors (Lipinski definition) is 5. The molecule has 0 spiro atoms. The van der Waals surface area contributed by atoms with Crippen molar-refractivity contribution in [3.05, 3.63) is 0 Å². The van der Waals surface area contributed by atoms with E-state index in [1.54, 1.807) is 0 Å². The summed E-state index contributed by atoms with van der Waals surface area (Å²) >= 11 is 0. The largest absolute Gasteiger partial charge is 0.468 e. The van der Waals surface area contributed by atoms with E-state index in [0.717, 1.165) is 7.11 Å². The topological polar surface area (TPSA) is 69.7 Å². The summed E-state index contributed by atoms with van der Waals surface area (Å²) in [5, 5.41) is 0. The normalized spacial score (nSPS) is 28.5. The number of hydrogen-bond donors (Lipinski definition) is 0. The summed E-state index contributed by atoms with van der Waals surface area (Å²) in [6, 6.07) is 0. The van der Waals surface area contributed by atoms with E-state index in [-0.39, 0.29) is 0 Å². The molecule has 0 bridgehead atoms. The third-order valence-electron chi connectivity index (χ3n) is 1.65.